The second-order valence-corrected chi connectivity index (χ2v) is 1.91. The zero-order valence-electron chi connectivity index (χ0n) is 4.59. The van der Waals surface area contributed by atoms with E-state index >= 15 is 0 Å². The highest BCUT2D eigenvalue weighted by Crippen LogP contribution is 2.07. The van der Waals surface area contributed by atoms with Crippen LogP contribution in [0.5, 0.6) is 0 Å². The molecule has 0 aromatic heterocycles. The summed E-state index contributed by atoms with van der Waals surface area (Å²) in [6, 6.07) is 0. The zero-order chi connectivity index (χ0) is 5.82. The lowest BCUT2D eigenvalue weighted by Crippen LogP contribution is -1.89. The van der Waals surface area contributed by atoms with Gasteiger partial charge in [0.15, 0.2) is 0 Å². The second-order valence-electron chi connectivity index (χ2n) is 1.38. The molecular weight excluding hydrogens is 120 g/mol. The van der Waals surface area contributed by atoms with E-state index in [4.69, 9.17) is 0 Å². The van der Waals surface area contributed by atoms with Crippen molar-refractivity contribution >= 4 is 23.7 Å². The molecule has 0 amide bonds. The van der Waals surface area contributed by atoms with Crippen LogP contribution in [0.15, 0.2) is 14.9 Å². The zero-order valence-corrected chi connectivity index (χ0v) is 5.40. The predicted molar refractivity (Wildman–Crippen MR) is 37.3 cm³/mol. The minimum Gasteiger partial charge on any atom is -0.197 e. The van der Waals surface area contributed by atoms with Crippen molar-refractivity contribution in [2.75, 3.05) is 0 Å². The van der Waals surface area contributed by atoms with Crippen LogP contribution in [0.1, 0.15) is 13.3 Å². The van der Waals surface area contributed by atoms with E-state index in [1.807, 2.05) is 0 Å². The fourth-order valence-electron chi connectivity index (χ4n) is 0.390. The van der Waals surface area contributed by atoms with Crippen LogP contribution in [-0.2, 0) is 0 Å². The van der Waals surface area contributed by atoms with Crippen molar-refractivity contribution in [2.45, 2.75) is 13.3 Å². The summed E-state index contributed by atoms with van der Waals surface area (Å²) in [5, 5.41) is 0. The van der Waals surface area contributed by atoms with E-state index in [9.17, 15) is 0 Å². The molecule has 0 spiro atoms. The van der Waals surface area contributed by atoms with Gasteiger partial charge in [-0.15, -0.1) is 4.40 Å². The molecule has 0 radical (unpaired) electrons. The average Bonchev–Trinajstić information content (AvgIpc) is 1.90. The molecule has 1 heterocycles. The van der Waals surface area contributed by atoms with Crippen molar-refractivity contribution in [1.29, 1.82) is 0 Å². The van der Waals surface area contributed by atoms with E-state index < -0.39 is 0 Å². The molecule has 0 aromatic carbocycles. The number of rotatable bonds is 1. The Bertz CT molecular complexity index is 165. The minimum atomic E-state index is 0.968. The van der Waals surface area contributed by atoms with E-state index in [-0.39, 0.29) is 0 Å². The van der Waals surface area contributed by atoms with Crippen molar-refractivity contribution < 1.29 is 0 Å². The normalized spacial score (nSPS) is 16.4. The lowest BCUT2D eigenvalue weighted by atomic mass is 10.3. The highest BCUT2D eigenvalue weighted by atomic mass is 32.2. The summed E-state index contributed by atoms with van der Waals surface area (Å²) in [6.07, 6.45) is 2.77. The summed E-state index contributed by atoms with van der Waals surface area (Å²) in [4.78, 5) is 0. The quantitative estimate of drug-likeness (QED) is 0.490. The molecule has 3 heteroatoms. The SMILES string of the molecule is CCC1=NSN=C=C1. The molecule has 0 fully saturated rings. The first-order valence-corrected chi connectivity index (χ1v) is 3.18. The largest absolute Gasteiger partial charge is 0.197 e. The van der Waals surface area contributed by atoms with Crippen LogP contribution in [-0.4, -0.2) is 11.6 Å². The van der Waals surface area contributed by atoms with Crippen molar-refractivity contribution in [3.05, 3.63) is 6.08 Å². The second kappa shape index (κ2) is 2.70. The summed E-state index contributed by atoms with van der Waals surface area (Å²) in [5.41, 5.74) is 1.06. The van der Waals surface area contributed by atoms with E-state index in [1.165, 1.54) is 12.1 Å². The average molecular weight is 126 g/mol. The molecule has 0 unspecified atom stereocenters. The number of nitrogens with zero attached hydrogens (tertiary/aromatic N) is 2. The maximum atomic E-state index is 4.00. The first-order chi connectivity index (χ1) is 3.93. The monoisotopic (exact) mass is 126 g/mol. The summed E-state index contributed by atoms with van der Waals surface area (Å²) in [7, 11) is 0. The summed E-state index contributed by atoms with van der Waals surface area (Å²) in [6.45, 7) is 2.06. The fourth-order valence-corrected chi connectivity index (χ4v) is 0.818. The molecule has 0 bridgehead atoms. The Morgan fingerprint density at radius 1 is 1.88 bits per heavy atom. The Morgan fingerprint density at radius 2 is 2.75 bits per heavy atom. The Hall–Kier alpha value is -0.530. The van der Waals surface area contributed by atoms with Crippen molar-refractivity contribution in [1.82, 2.24) is 0 Å². The van der Waals surface area contributed by atoms with Crippen LogP contribution in [0.2, 0.25) is 0 Å². The molecule has 42 valence electrons. The van der Waals surface area contributed by atoms with Crippen molar-refractivity contribution in [3.8, 4) is 0 Å². The molecule has 0 saturated carbocycles. The highest BCUT2D eigenvalue weighted by molar-refractivity contribution is 7.97. The lowest BCUT2D eigenvalue weighted by Gasteiger charge is -1.92. The molecule has 0 N–H and O–H groups in total. The number of hydrogen-bond acceptors (Lipinski definition) is 3. The van der Waals surface area contributed by atoms with E-state index in [1.54, 1.807) is 6.08 Å². The van der Waals surface area contributed by atoms with Gasteiger partial charge in [0, 0.05) is 6.08 Å². The molecule has 0 saturated heterocycles. The van der Waals surface area contributed by atoms with E-state index in [2.05, 4.69) is 21.6 Å². The summed E-state index contributed by atoms with van der Waals surface area (Å²) in [5.74, 6) is 2.72. The fraction of sp³-hybridized carbons (Fsp3) is 0.400. The number of allylic oxidation sites excluding steroid dienone is 1. The van der Waals surface area contributed by atoms with Gasteiger partial charge in [-0.25, -0.2) is 0 Å². The predicted octanol–water partition coefficient (Wildman–Crippen LogP) is 1.64. The Morgan fingerprint density at radius 3 is 3.12 bits per heavy atom. The van der Waals surface area contributed by atoms with Gasteiger partial charge in [-0.1, -0.05) is 6.92 Å². The first kappa shape index (κ1) is 5.60. The van der Waals surface area contributed by atoms with Gasteiger partial charge in [0.1, 0.15) is 12.1 Å². The van der Waals surface area contributed by atoms with Crippen molar-refractivity contribution in [3.63, 3.8) is 0 Å². The Balaban J connectivity index is 2.68. The summed E-state index contributed by atoms with van der Waals surface area (Å²) < 4.78 is 7.70. The highest BCUT2D eigenvalue weighted by Gasteiger charge is 1.90. The van der Waals surface area contributed by atoms with Crippen molar-refractivity contribution in [2.24, 2.45) is 8.80 Å². The van der Waals surface area contributed by atoms with Crippen LogP contribution >= 0.6 is 12.1 Å². The van der Waals surface area contributed by atoms with Crippen LogP contribution in [0.3, 0.4) is 0 Å². The van der Waals surface area contributed by atoms with Gasteiger partial charge in [-0.2, -0.15) is 4.40 Å². The third-order valence-electron chi connectivity index (χ3n) is 0.845. The molecular formula is C5H6N2S. The van der Waals surface area contributed by atoms with Gasteiger partial charge in [0.2, 0.25) is 0 Å². The molecule has 0 atom stereocenters. The standard InChI is InChI=1S/C5H6N2S/c1-2-5-3-4-6-8-7-5/h3H,2H2,1H3. The van der Waals surface area contributed by atoms with Gasteiger partial charge in [-0.3, -0.25) is 0 Å². The van der Waals surface area contributed by atoms with E-state index in [0.29, 0.717) is 0 Å². The molecule has 0 aromatic rings. The Kier molecular flexibility index (Phi) is 1.89. The minimum absolute atomic E-state index is 0.968. The summed E-state index contributed by atoms with van der Waals surface area (Å²) >= 11 is 1.20. The van der Waals surface area contributed by atoms with Crippen LogP contribution in [0, 0.1) is 0 Å². The maximum Gasteiger partial charge on any atom is 0.124 e. The van der Waals surface area contributed by atoms with Gasteiger partial charge in [0.25, 0.3) is 0 Å². The lowest BCUT2D eigenvalue weighted by molar-refractivity contribution is 1.30. The number of hydrogen-bond donors (Lipinski definition) is 0. The molecule has 0 aliphatic carbocycles. The molecule has 8 heavy (non-hydrogen) atoms. The topological polar surface area (TPSA) is 24.7 Å². The molecule has 1 aliphatic heterocycles. The van der Waals surface area contributed by atoms with Gasteiger partial charge >= 0.3 is 0 Å². The molecule has 2 nitrogen and oxygen atoms in total. The van der Waals surface area contributed by atoms with Gasteiger partial charge in [-0.05, 0) is 12.3 Å². The smallest absolute Gasteiger partial charge is 0.124 e. The molecule has 1 rings (SSSR count). The molecule has 1 aliphatic rings. The van der Waals surface area contributed by atoms with Crippen LogP contribution in [0.4, 0.5) is 0 Å². The third kappa shape index (κ3) is 1.22. The third-order valence-corrected chi connectivity index (χ3v) is 1.35. The van der Waals surface area contributed by atoms with Crippen LogP contribution < -0.4 is 0 Å². The van der Waals surface area contributed by atoms with E-state index in [0.717, 1.165) is 12.1 Å². The maximum absolute atomic E-state index is 4.00. The van der Waals surface area contributed by atoms with Gasteiger partial charge < -0.3 is 0 Å². The first-order valence-electron chi connectivity index (χ1n) is 2.45. The van der Waals surface area contributed by atoms with Gasteiger partial charge in [0.05, 0.1) is 5.71 Å². The Labute approximate surface area is 52.7 Å². The van der Waals surface area contributed by atoms with Crippen LogP contribution in [0.25, 0.3) is 0 Å².